The molecule has 0 amide bonds. The Balaban J connectivity index is 1.75. The predicted octanol–water partition coefficient (Wildman–Crippen LogP) is 4.30. The molecule has 0 N–H and O–H groups in total. The number of rotatable bonds is 2. The molecule has 2 heteroatoms. The molecule has 0 bridgehead atoms. The average Bonchev–Trinajstić information content (AvgIpc) is 3.03. The van der Waals surface area contributed by atoms with Crippen LogP contribution in [0.25, 0.3) is 6.08 Å². The molecule has 1 nitrogen and oxygen atoms in total. The number of allylic oxidation sites excluding steroid dienone is 1. The summed E-state index contributed by atoms with van der Waals surface area (Å²) >= 11 is 1.72. The zero-order valence-electron chi connectivity index (χ0n) is 10.0. The second kappa shape index (κ2) is 4.77. The van der Waals surface area contributed by atoms with Crippen LogP contribution in [-0.2, 0) is 4.79 Å². The monoisotopic (exact) mass is 246 g/mol. The Morgan fingerprint density at radius 2 is 2.06 bits per heavy atom. The van der Waals surface area contributed by atoms with Gasteiger partial charge in [0.2, 0.25) is 0 Å². The van der Waals surface area contributed by atoms with Crippen molar-refractivity contribution in [2.75, 3.05) is 0 Å². The normalized spacial score (nSPS) is 28.4. The smallest absolute Gasteiger partial charge is 0.162 e. The van der Waals surface area contributed by atoms with E-state index in [9.17, 15) is 4.79 Å². The maximum atomic E-state index is 12.4. The van der Waals surface area contributed by atoms with E-state index in [1.165, 1.54) is 30.6 Å². The van der Waals surface area contributed by atoms with Crippen molar-refractivity contribution in [3.8, 4) is 0 Å². The molecular formula is C15H18OS. The first kappa shape index (κ1) is 11.2. The van der Waals surface area contributed by atoms with Crippen molar-refractivity contribution >= 4 is 23.2 Å². The minimum atomic E-state index is 0.351. The van der Waals surface area contributed by atoms with Crippen LogP contribution in [0.1, 0.15) is 43.4 Å². The zero-order chi connectivity index (χ0) is 11.7. The lowest BCUT2D eigenvalue weighted by molar-refractivity contribution is -0.119. The predicted molar refractivity (Wildman–Crippen MR) is 72.0 cm³/mol. The van der Waals surface area contributed by atoms with Crippen molar-refractivity contribution in [1.82, 2.24) is 0 Å². The van der Waals surface area contributed by atoms with E-state index in [1.54, 1.807) is 11.3 Å². The molecular weight excluding hydrogens is 228 g/mol. The Bertz CT molecular complexity index is 424. The molecule has 1 aromatic rings. The Kier molecular flexibility index (Phi) is 3.15. The van der Waals surface area contributed by atoms with Crippen LogP contribution in [0, 0.1) is 11.8 Å². The lowest BCUT2D eigenvalue weighted by Crippen LogP contribution is -2.16. The molecule has 3 rings (SSSR count). The van der Waals surface area contributed by atoms with Crippen LogP contribution in [0.5, 0.6) is 0 Å². The first-order valence-corrected chi connectivity index (χ1v) is 7.51. The third kappa shape index (κ3) is 2.23. The fraction of sp³-hybridized carbons (Fsp3) is 0.533. The summed E-state index contributed by atoms with van der Waals surface area (Å²) in [6.45, 7) is 0. The quantitative estimate of drug-likeness (QED) is 0.711. The fourth-order valence-corrected chi connectivity index (χ4v) is 3.98. The second-order valence-electron chi connectivity index (χ2n) is 5.24. The lowest BCUT2D eigenvalue weighted by atomic mass is 9.88. The van der Waals surface area contributed by atoms with Gasteiger partial charge in [-0.25, -0.2) is 0 Å². The second-order valence-corrected chi connectivity index (χ2v) is 6.22. The van der Waals surface area contributed by atoms with Crippen LogP contribution < -0.4 is 0 Å². The molecule has 90 valence electrons. The van der Waals surface area contributed by atoms with Crippen LogP contribution in [0.15, 0.2) is 23.1 Å². The van der Waals surface area contributed by atoms with Crippen LogP contribution in [0.2, 0.25) is 0 Å². The molecule has 1 atom stereocenters. The van der Waals surface area contributed by atoms with Gasteiger partial charge in [0.15, 0.2) is 5.78 Å². The van der Waals surface area contributed by atoms with Gasteiger partial charge in [0.05, 0.1) is 0 Å². The van der Waals surface area contributed by atoms with E-state index in [4.69, 9.17) is 0 Å². The van der Waals surface area contributed by atoms with Crippen LogP contribution in [0.4, 0.5) is 0 Å². The molecule has 17 heavy (non-hydrogen) atoms. The zero-order valence-corrected chi connectivity index (χ0v) is 10.8. The summed E-state index contributed by atoms with van der Waals surface area (Å²) in [6.07, 6.45) is 9.43. The van der Waals surface area contributed by atoms with E-state index in [0.29, 0.717) is 17.6 Å². The van der Waals surface area contributed by atoms with Gasteiger partial charge in [-0.2, -0.15) is 0 Å². The van der Waals surface area contributed by atoms with E-state index >= 15 is 0 Å². The minimum Gasteiger partial charge on any atom is -0.294 e. The highest BCUT2D eigenvalue weighted by molar-refractivity contribution is 7.10. The van der Waals surface area contributed by atoms with E-state index in [-0.39, 0.29) is 0 Å². The lowest BCUT2D eigenvalue weighted by Gasteiger charge is -2.15. The molecule has 1 aromatic heterocycles. The summed E-state index contributed by atoms with van der Waals surface area (Å²) < 4.78 is 0. The standard InChI is InChI=1S/C15H18OS/c16-15-12(10-13-6-3-9-17-13)7-8-14(15)11-4-1-2-5-11/h3,6,9-11,14H,1-2,4-5,7-8H2/b12-10+/t14-/m0/s1. The molecule has 2 aliphatic rings. The summed E-state index contributed by atoms with van der Waals surface area (Å²) in [5, 5.41) is 2.07. The van der Waals surface area contributed by atoms with Crippen LogP contribution in [-0.4, -0.2) is 5.78 Å². The largest absolute Gasteiger partial charge is 0.294 e. The third-order valence-corrected chi connectivity index (χ3v) is 5.03. The van der Waals surface area contributed by atoms with Crippen molar-refractivity contribution < 1.29 is 4.79 Å². The van der Waals surface area contributed by atoms with Crippen molar-refractivity contribution in [3.05, 3.63) is 28.0 Å². The van der Waals surface area contributed by atoms with Gasteiger partial charge in [-0.3, -0.25) is 4.79 Å². The van der Waals surface area contributed by atoms with Gasteiger partial charge in [0.1, 0.15) is 0 Å². The molecule has 0 radical (unpaired) electrons. The Labute approximate surface area is 107 Å². The highest BCUT2D eigenvalue weighted by Gasteiger charge is 2.36. The van der Waals surface area contributed by atoms with Gasteiger partial charge < -0.3 is 0 Å². The van der Waals surface area contributed by atoms with Crippen LogP contribution in [0.3, 0.4) is 0 Å². The summed E-state index contributed by atoms with van der Waals surface area (Å²) in [7, 11) is 0. The molecule has 0 spiro atoms. The molecule has 0 unspecified atom stereocenters. The SMILES string of the molecule is O=C1/C(=C/c2cccs2)CC[C@H]1C1CCCC1. The molecule has 2 fully saturated rings. The molecule has 1 heterocycles. The first-order valence-electron chi connectivity index (χ1n) is 6.63. The highest BCUT2D eigenvalue weighted by Crippen LogP contribution is 2.40. The van der Waals surface area contributed by atoms with Crippen molar-refractivity contribution in [2.45, 2.75) is 38.5 Å². The van der Waals surface area contributed by atoms with Gasteiger partial charge in [0.25, 0.3) is 0 Å². The van der Waals surface area contributed by atoms with Gasteiger partial charge in [0, 0.05) is 10.8 Å². The Hall–Kier alpha value is -0.890. The molecule has 0 aliphatic heterocycles. The number of Topliss-reactive ketones (excluding diaryl/α,β-unsaturated/α-hetero) is 1. The van der Waals surface area contributed by atoms with Gasteiger partial charge >= 0.3 is 0 Å². The number of hydrogen-bond acceptors (Lipinski definition) is 2. The van der Waals surface area contributed by atoms with Crippen LogP contribution >= 0.6 is 11.3 Å². The van der Waals surface area contributed by atoms with E-state index < -0.39 is 0 Å². The van der Waals surface area contributed by atoms with Crippen molar-refractivity contribution in [2.24, 2.45) is 11.8 Å². The summed E-state index contributed by atoms with van der Waals surface area (Å²) in [5.74, 6) is 1.49. The summed E-state index contributed by atoms with van der Waals surface area (Å²) in [4.78, 5) is 13.6. The number of hydrogen-bond donors (Lipinski definition) is 0. The maximum Gasteiger partial charge on any atom is 0.162 e. The molecule has 2 saturated carbocycles. The van der Waals surface area contributed by atoms with Crippen molar-refractivity contribution in [1.29, 1.82) is 0 Å². The van der Waals surface area contributed by atoms with Crippen molar-refractivity contribution in [3.63, 3.8) is 0 Å². The highest BCUT2D eigenvalue weighted by atomic mass is 32.1. The Morgan fingerprint density at radius 1 is 1.24 bits per heavy atom. The number of ketones is 1. The minimum absolute atomic E-state index is 0.351. The molecule has 0 aromatic carbocycles. The first-order chi connectivity index (χ1) is 8.34. The molecule has 2 aliphatic carbocycles. The van der Waals surface area contributed by atoms with Gasteiger partial charge in [-0.05, 0) is 54.7 Å². The number of carbonyl (C=O) groups is 1. The average molecular weight is 246 g/mol. The number of carbonyl (C=O) groups excluding carboxylic acids is 1. The molecule has 0 saturated heterocycles. The van der Waals surface area contributed by atoms with E-state index in [0.717, 1.165) is 18.4 Å². The summed E-state index contributed by atoms with van der Waals surface area (Å²) in [5.41, 5.74) is 1.07. The maximum absolute atomic E-state index is 12.4. The number of thiophene rings is 1. The fourth-order valence-electron chi connectivity index (χ4n) is 3.30. The topological polar surface area (TPSA) is 17.1 Å². The van der Waals surface area contributed by atoms with Gasteiger partial charge in [-0.1, -0.05) is 18.9 Å². The summed E-state index contributed by atoms with van der Waals surface area (Å²) in [6, 6.07) is 4.14. The van der Waals surface area contributed by atoms with Gasteiger partial charge in [-0.15, -0.1) is 11.3 Å². The van der Waals surface area contributed by atoms with E-state index in [2.05, 4.69) is 17.5 Å². The Morgan fingerprint density at radius 3 is 2.76 bits per heavy atom. The van der Waals surface area contributed by atoms with E-state index in [1.807, 2.05) is 6.07 Å². The third-order valence-electron chi connectivity index (χ3n) is 4.21.